The van der Waals surface area contributed by atoms with Crippen LogP contribution in [0.4, 0.5) is 4.39 Å². The number of benzene rings is 2. The van der Waals surface area contributed by atoms with Gasteiger partial charge in [-0.25, -0.2) is 4.39 Å². The molecule has 0 bridgehead atoms. The van der Waals surface area contributed by atoms with Crippen molar-refractivity contribution in [2.24, 2.45) is 0 Å². The minimum Gasteiger partial charge on any atom is -0.313 e. The van der Waals surface area contributed by atoms with Crippen LogP contribution in [0.2, 0.25) is 0 Å². The van der Waals surface area contributed by atoms with Gasteiger partial charge in [0.15, 0.2) is 0 Å². The van der Waals surface area contributed by atoms with Gasteiger partial charge >= 0.3 is 0 Å². The number of hydrogen-bond donors (Lipinski definition) is 1. The van der Waals surface area contributed by atoms with E-state index in [0.717, 1.165) is 24.3 Å². The van der Waals surface area contributed by atoms with Gasteiger partial charge in [-0.3, -0.25) is 0 Å². The lowest BCUT2D eigenvalue weighted by atomic mass is 10.1. The Morgan fingerprint density at radius 1 is 1.14 bits per heavy atom. The lowest BCUT2D eigenvalue weighted by Crippen LogP contribution is -2.33. The van der Waals surface area contributed by atoms with Crippen molar-refractivity contribution in [3.8, 4) is 0 Å². The maximum atomic E-state index is 13.6. The lowest BCUT2D eigenvalue weighted by molar-refractivity contribution is 0.565. The molecule has 0 fully saturated rings. The second kappa shape index (κ2) is 8.57. The molecule has 0 heterocycles. The van der Waals surface area contributed by atoms with Crippen LogP contribution in [0.15, 0.2) is 57.9 Å². The van der Waals surface area contributed by atoms with Crippen LogP contribution in [0.25, 0.3) is 0 Å². The number of hydrogen-bond acceptors (Lipinski definition) is 2. The first-order chi connectivity index (χ1) is 10.2. The molecular weight excluding hydrogens is 349 g/mol. The summed E-state index contributed by atoms with van der Waals surface area (Å²) >= 11 is 5.17. The van der Waals surface area contributed by atoms with Crippen molar-refractivity contribution in [1.29, 1.82) is 0 Å². The predicted octanol–water partition coefficient (Wildman–Crippen LogP) is 4.90. The fraction of sp³-hybridized carbons (Fsp3) is 0.294. The van der Waals surface area contributed by atoms with Crippen LogP contribution >= 0.6 is 27.7 Å². The molecule has 2 rings (SSSR count). The molecule has 112 valence electrons. The van der Waals surface area contributed by atoms with Crippen molar-refractivity contribution in [2.75, 3.05) is 12.3 Å². The average Bonchev–Trinajstić information content (AvgIpc) is 2.50. The van der Waals surface area contributed by atoms with E-state index in [2.05, 4.69) is 40.3 Å². The fourth-order valence-electron chi connectivity index (χ4n) is 2.16. The zero-order valence-electron chi connectivity index (χ0n) is 12.0. The summed E-state index contributed by atoms with van der Waals surface area (Å²) in [7, 11) is 0. The average molecular weight is 368 g/mol. The topological polar surface area (TPSA) is 12.0 Å². The molecule has 0 aliphatic heterocycles. The third-order valence-electron chi connectivity index (χ3n) is 3.19. The molecule has 1 unspecified atom stereocenters. The highest BCUT2D eigenvalue weighted by Crippen LogP contribution is 2.24. The summed E-state index contributed by atoms with van der Waals surface area (Å²) in [5, 5.41) is 3.48. The van der Waals surface area contributed by atoms with Gasteiger partial charge in [-0.1, -0.05) is 37.3 Å². The molecule has 0 saturated carbocycles. The van der Waals surface area contributed by atoms with Gasteiger partial charge < -0.3 is 5.32 Å². The normalized spacial score (nSPS) is 12.3. The summed E-state index contributed by atoms with van der Waals surface area (Å²) in [6.45, 7) is 3.01. The minimum absolute atomic E-state index is 0.196. The summed E-state index contributed by atoms with van der Waals surface area (Å²) in [5.41, 5.74) is 1.01. The second-order valence-electron chi connectivity index (χ2n) is 4.80. The van der Waals surface area contributed by atoms with Gasteiger partial charge in [-0.05, 0) is 52.7 Å². The Bertz CT molecular complexity index is 562. The Morgan fingerprint density at radius 3 is 2.62 bits per heavy atom. The smallest absolute Gasteiger partial charge is 0.137 e. The Morgan fingerprint density at radius 2 is 1.90 bits per heavy atom. The Hall–Kier alpha value is -0.840. The van der Waals surface area contributed by atoms with Gasteiger partial charge in [0.1, 0.15) is 5.82 Å². The quantitative estimate of drug-likeness (QED) is 0.698. The standard InChI is InChI=1S/C17H19BrFNS/c1-2-20-14(12-21-15-8-4-3-5-9-15)11-13-7-6-10-16(19)17(13)18/h3-10,14,20H,2,11-12H2,1H3. The van der Waals surface area contributed by atoms with Crippen LogP contribution in [0.1, 0.15) is 12.5 Å². The van der Waals surface area contributed by atoms with E-state index in [1.807, 2.05) is 36.0 Å². The van der Waals surface area contributed by atoms with Crippen molar-refractivity contribution in [3.05, 3.63) is 64.4 Å². The van der Waals surface area contributed by atoms with Crippen LogP contribution in [-0.4, -0.2) is 18.3 Å². The van der Waals surface area contributed by atoms with E-state index in [4.69, 9.17) is 0 Å². The van der Waals surface area contributed by atoms with E-state index >= 15 is 0 Å². The first-order valence-corrected chi connectivity index (χ1v) is 8.82. The highest BCUT2D eigenvalue weighted by atomic mass is 79.9. The van der Waals surface area contributed by atoms with Gasteiger partial charge in [-0.2, -0.15) is 0 Å². The highest BCUT2D eigenvalue weighted by molar-refractivity contribution is 9.10. The summed E-state index contributed by atoms with van der Waals surface area (Å²) < 4.78 is 14.2. The van der Waals surface area contributed by atoms with Gasteiger partial charge in [0.2, 0.25) is 0 Å². The molecule has 0 spiro atoms. The highest BCUT2D eigenvalue weighted by Gasteiger charge is 2.13. The molecule has 1 N–H and O–H groups in total. The van der Waals surface area contributed by atoms with E-state index in [-0.39, 0.29) is 5.82 Å². The first kappa shape index (κ1) is 16.5. The second-order valence-corrected chi connectivity index (χ2v) is 6.68. The van der Waals surface area contributed by atoms with Crippen molar-refractivity contribution in [2.45, 2.75) is 24.3 Å². The summed E-state index contributed by atoms with van der Waals surface area (Å²) in [5.74, 6) is 0.763. The van der Waals surface area contributed by atoms with Crippen molar-refractivity contribution in [1.82, 2.24) is 5.32 Å². The van der Waals surface area contributed by atoms with E-state index in [1.54, 1.807) is 6.07 Å². The van der Waals surface area contributed by atoms with Crippen LogP contribution in [0, 0.1) is 5.82 Å². The molecular formula is C17H19BrFNS. The summed E-state index contributed by atoms with van der Waals surface area (Å²) in [6.07, 6.45) is 0.812. The predicted molar refractivity (Wildman–Crippen MR) is 92.4 cm³/mol. The maximum absolute atomic E-state index is 13.6. The lowest BCUT2D eigenvalue weighted by Gasteiger charge is -2.18. The number of likely N-dealkylation sites (N-methyl/N-ethyl adjacent to an activating group) is 1. The van der Waals surface area contributed by atoms with Gasteiger partial charge in [0, 0.05) is 16.7 Å². The Labute approximate surface area is 138 Å². The van der Waals surface area contributed by atoms with E-state index in [1.165, 1.54) is 11.0 Å². The molecule has 0 saturated heterocycles. The van der Waals surface area contributed by atoms with Crippen LogP contribution in [0.3, 0.4) is 0 Å². The van der Waals surface area contributed by atoms with Crippen molar-refractivity contribution < 1.29 is 4.39 Å². The van der Waals surface area contributed by atoms with E-state index in [9.17, 15) is 4.39 Å². The number of rotatable bonds is 7. The van der Waals surface area contributed by atoms with Crippen molar-refractivity contribution in [3.63, 3.8) is 0 Å². The Kier molecular flexibility index (Phi) is 6.74. The third kappa shape index (κ3) is 5.13. The van der Waals surface area contributed by atoms with E-state index in [0.29, 0.717) is 10.5 Å². The third-order valence-corrected chi connectivity index (χ3v) is 5.25. The van der Waals surface area contributed by atoms with Crippen molar-refractivity contribution >= 4 is 27.7 Å². The molecule has 1 nitrogen and oxygen atoms in total. The monoisotopic (exact) mass is 367 g/mol. The zero-order valence-corrected chi connectivity index (χ0v) is 14.4. The minimum atomic E-state index is -0.196. The molecule has 0 aromatic heterocycles. The Balaban J connectivity index is 2.00. The molecule has 0 aliphatic rings. The number of thioether (sulfide) groups is 1. The zero-order chi connectivity index (χ0) is 15.1. The van der Waals surface area contributed by atoms with Gasteiger partial charge in [0.25, 0.3) is 0 Å². The molecule has 1 atom stereocenters. The summed E-state index contributed by atoms with van der Waals surface area (Å²) in [6, 6.07) is 15.9. The molecule has 0 aliphatic carbocycles. The SMILES string of the molecule is CCNC(CSc1ccccc1)Cc1cccc(F)c1Br. The summed E-state index contributed by atoms with van der Waals surface area (Å²) in [4.78, 5) is 1.26. The molecule has 2 aromatic carbocycles. The van der Waals surface area contributed by atoms with Gasteiger partial charge in [-0.15, -0.1) is 11.8 Å². The van der Waals surface area contributed by atoms with Crippen LogP contribution in [-0.2, 0) is 6.42 Å². The van der Waals surface area contributed by atoms with Crippen LogP contribution < -0.4 is 5.32 Å². The fourth-order valence-corrected chi connectivity index (χ4v) is 3.57. The molecule has 4 heteroatoms. The molecule has 0 radical (unpaired) electrons. The molecule has 2 aromatic rings. The van der Waals surface area contributed by atoms with Crippen LogP contribution in [0.5, 0.6) is 0 Å². The number of nitrogens with one attached hydrogen (secondary N) is 1. The largest absolute Gasteiger partial charge is 0.313 e. The first-order valence-electron chi connectivity index (χ1n) is 7.04. The molecule has 0 amide bonds. The maximum Gasteiger partial charge on any atom is 0.137 e. The number of halogens is 2. The molecule has 21 heavy (non-hydrogen) atoms. The van der Waals surface area contributed by atoms with Gasteiger partial charge in [0.05, 0.1) is 4.47 Å². The van der Waals surface area contributed by atoms with E-state index < -0.39 is 0 Å².